The number of epoxide rings is 1. The fourth-order valence-corrected chi connectivity index (χ4v) is 3.11. The summed E-state index contributed by atoms with van der Waals surface area (Å²) in [5.41, 5.74) is 4.65. The Kier molecular flexibility index (Phi) is 10.6. The number of unbranched alkanes of at least 4 members (excludes halogenated alkanes) is 1. The van der Waals surface area contributed by atoms with Crippen molar-refractivity contribution in [3.8, 4) is 0 Å². The van der Waals surface area contributed by atoms with Gasteiger partial charge < -0.3 is 4.74 Å². The molecule has 1 nitrogen and oxygen atoms in total. The van der Waals surface area contributed by atoms with Gasteiger partial charge in [-0.15, -0.1) is 0 Å². The van der Waals surface area contributed by atoms with E-state index in [4.69, 9.17) is 4.74 Å². The molecule has 26 heavy (non-hydrogen) atoms. The molecule has 1 unspecified atom stereocenters. The summed E-state index contributed by atoms with van der Waals surface area (Å²) in [4.78, 5) is 0. The van der Waals surface area contributed by atoms with Gasteiger partial charge in [-0.05, 0) is 86.0 Å². The Labute approximate surface area is 162 Å². The van der Waals surface area contributed by atoms with E-state index < -0.39 is 0 Å². The van der Waals surface area contributed by atoms with Gasteiger partial charge >= 0.3 is 0 Å². The summed E-state index contributed by atoms with van der Waals surface area (Å²) >= 11 is 0. The lowest BCUT2D eigenvalue weighted by atomic mass is 10.0. The maximum absolute atomic E-state index is 5.65. The predicted molar refractivity (Wildman–Crippen MR) is 116 cm³/mol. The number of ether oxygens (including phenoxy) is 1. The zero-order valence-corrected chi connectivity index (χ0v) is 17.8. The molecule has 0 saturated carbocycles. The second-order valence-corrected chi connectivity index (χ2v) is 8.22. The van der Waals surface area contributed by atoms with Crippen molar-refractivity contribution in [3.63, 3.8) is 0 Å². The van der Waals surface area contributed by atoms with Crippen molar-refractivity contribution in [1.29, 1.82) is 0 Å². The first-order valence-corrected chi connectivity index (χ1v) is 10.3. The monoisotopic (exact) mass is 356 g/mol. The van der Waals surface area contributed by atoms with Gasteiger partial charge in [0.25, 0.3) is 0 Å². The second kappa shape index (κ2) is 12.1. The first kappa shape index (κ1) is 22.7. The van der Waals surface area contributed by atoms with Crippen molar-refractivity contribution in [1.82, 2.24) is 0 Å². The van der Waals surface area contributed by atoms with Crippen LogP contribution < -0.4 is 0 Å². The fourth-order valence-electron chi connectivity index (χ4n) is 3.11. The lowest BCUT2D eigenvalue weighted by Gasteiger charge is -2.02. The fraction of sp³-hybridized carbons (Fsp3) is 0.600. The molecule has 0 aromatic carbocycles. The summed E-state index contributed by atoms with van der Waals surface area (Å²) in [5.74, 6) is 0. The van der Waals surface area contributed by atoms with Crippen LogP contribution in [0.25, 0.3) is 0 Å². The van der Waals surface area contributed by atoms with Crippen molar-refractivity contribution >= 4 is 0 Å². The molecule has 0 radical (unpaired) electrons. The molecule has 1 aliphatic rings. The van der Waals surface area contributed by atoms with E-state index >= 15 is 0 Å². The van der Waals surface area contributed by atoms with E-state index in [2.05, 4.69) is 65.5 Å². The van der Waals surface area contributed by atoms with Crippen molar-refractivity contribution in [3.05, 3.63) is 59.8 Å². The van der Waals surface area contributed by atoms with E-state index in [9.17, 15) is 0 Å². The second-order valence-electron chi connectivity index (χ2n) is 8.22. The summed E-state index contributed by atoms with van der Waals surface area (Å²) < 4.78 is 5.65. The summed E-state index contributed by atoms with van der Waals surface area (Å²) in [6, 6.07) is 0. The number of hydrogen-bond donors (Lipinski definition) is 0. The van der Waals surface area contributed by atoms with Gasteiger partial charge in [0.05, 0.1) is 11.7 Å². The number of hydrogen-bond acceptors (Lipinski definition) is 1. The molecule has 1 atom stereocenters. The smallest absolute Gasteiger partial charge is 0.0892 e. The molecular weight excluding hydrogens is 316 g/mol. The van der Waals surface area contributed by atoms with Gasteiger partial charge in [-0.2, -0.15) is 0 Å². The molecule has 1 saturated heterocycles. The Morgan fingerprint density at radius 2 is 1.35 bits per heavy atom. The van der Waals surface area contributed by atoms with E-state index in [-0.39, 0.29) is 5.60 Å². The molecule has 0 aromatic rings. The first-order valence-electron chi connectivity index (χ1n) is 10.3. The molecule has 0 bridgehead atoms. The average molecular weight is 357 g/mol. The van der Waals surface area contributed by atoms with Crippen molar-refractivity contribution in [2.45, 2.75) is 97.7 Å². The highest BCUT2D eigenvalue weighted by atomic mass is 16.6. The highest BCUT2D eigenvalue weighted by Gasteiger charge is 2.46. The Hall–Kier alpha value is -1.34. The Morgan fingerprint density at radius 1 is 0.846 bits per heavy atom. The number of allylic oxidation sites excluding steroid dienone is 9. The van der Waals surface area contributed by atoms with Crippen LogP contribution in [0.15, 0.2) is 59.8 Å². The van der Waals surface area contributed by atoms with Crippen LogP contribution in [0, 0.1) is 0 Å². The Bertz CT molecular complexity index is 543. The van der Waals surface area contributed by atoms with Crippen LogP contribution in [-0.4, -0.2) is 11.7 Å². The van der Waals surface area contributed by atoms with E-state index in [1.54, 1.807) is 0 Å². The van der Waals surface area contributed by atoms with Gasteiger partial charge in [-0.3, -0.25) is 0 Å². The van der Waals surface area contributed by atoms with Crippen LogP contribution in [0.3, 0.4) is 0 Å². The normalized spacial score (nSPS) is 20.7. The summed E-state index contributed by atoms with van der Waals surface area (Å²) in [6.45, 7) is 14.8. The van der Waals surface area contributed by atoms with Gasteiger partial charge in [-0.1, -0.05) is 59.8 Å². The minimum Gasteiger partial charge on any atom is -0.367 e. The van der Waals surface area contributed by atoms with Crippen LogP contribution in [-0.2, 0) is 4.74 Å². The van der Waals surface area contributed by atoms with Gasteiger partial charge in [0.15, 0.2) is 0 Å². The molecule has 1 heteroatoms. The molecule has 0 N–H and O–H groups in total. The zero-order valence-electron chi connectivity index (χ0n) is 17.8. The first-order chi connectivity index (χ1) is 12.3. The lowest BCUT2D eigenvalue weighted by molar-refractivity contribution is 0.320. The highest BCUT2D eigenvalue weighted by Crippen LogP contribution is 2.38. The maximum atomic E-state index is 5.65. The molecule has 1 fully saturated rings. The highest BCUT2D eigenvalue weighted by molar-refractivity contribution is 5.07. The minimum atomic E-state index is 0.134. The van der Waals surface area contributed by atoms with Gasteiger partial charge in [0, 0.05) is 0 Å². The number of rotatable bonds is 13. The minimum absolute atomic E-state index is 0.134. The van der Waals surface area contributed by atoms with E-state index in [0.717, 1.165) is 32.1 Å². The quantitative estimate of drug-likeness (QED) is 0.141. The predicted octanol–water partition coefficient (Wildman–Crippen LogP) is 7.87. The third-order valence-electron chi connectivity index (χ3n) is 5.13. The molecule has 1 aliphatic heterocycles. The van der Waals surface area contributed by atoms with Gasteiger partial charge in [-0.25, -0.2) is 0 Å². The van der Waals surface area contributed by atoms with Crippen molar-refractivity contribution in [2.24, 2.45) is 0 Å². The Balaban J connectivity index is 2.13. The van der Waals surface area contributed by atoms with Crippen LogP contribution >= 0.6 is 0 Å². The Morgan fingerprint density at radius 3 is 1.88 bits per heavy atom. The summed E-state index contributed by atoms with van der Waals surface area (Å²) in [5, 5.41) is 0. The van der Waals surface area contributed by atoms with Crippen LogP contribution in [0.4, 0.5) is 0 Å². The molecule has 0 aliphatic carbocycles. The van der Waals surface area contributed by atoms with Crippen LogP contribution in [0.5, 0.6) is 0 Å². The lowest BCUT2D eigenvalue weighted by Crippen LogP contribution is -2.02. The standard InChI is InChI=1S/C25H40O/c1-7-8-9-10-14-21(2)15-11-12-16-22(3)17-13-18-23(4)19-20-24-25(5,6)26-24/h7-9,15-16,18,24H,1,10-14,17,19-20H2,2-6H3/b9-8+,21-15+,22-16+,23-18?. The van der Waals surface area contributed by atoms with Crippen molar-refractivity contribution in [2.75, 3.05) is 0 Å². The zero-order chi connectivity index (χ0) is 19.4. The molecule has 0 aromatic heterocycles. The molecule has 0 amide bonds. The van der Waals surface area contributed by atoms with E-state index in [1.807, 2.05) is 12.2 Å². The van der Waals surface area contributed by atoms with E-state index in [0.29, 0.717) is 6.10 Å². The largest absolute Gasteiger partial charge is 0.367 e. The molecular formula is C25H40O. The summed E-state index contributed by atoms with van der Waals surface area (Å²) in [6.07, 6.45) is 23.0. The maximum Gasteiger partial charge on any atom is 0.0892 e. The third kappa shape index (κ3) is 10.6. The molecule has 1 heterocycles. The van der Waals surface area contributed by atoms with Gasteiger partial charge in [0.1, 0.15) is 0 Å². The third-order valence-corrected chi connectivity index (χ3v) is 5.13. The molecule has 0 spiro atoms. The molecule has 1 rings (SSSR count). The molecule has 146 valence electrons. The summed E-state index contributed by atoms with van der Waals surface area (Å²) in [7, 11) is 0. The van der Waals surface area contributed by atoms with Crippen LogP contribution in [0.2, 0.25) is 0 Å². The van der Waals surface area contributed by atoms with Crippen LogP contribution in [0.1, 0.15) is 86.0 Å². The van der Waals surface area contributed by atoms with Gasteiger partial charge in [0.2, 0.25) is 0 Å². The van der Waals surface area contributed by atoms with E-state index in [1.165, 1.54) is 36.0 Å². The topological polar surface area (TPSA) is 12.5 Å². The SMILES string of the molecule is C=C/C=C/CC/C(C)=C/CC/C=C(\C)CCC=C(C)CCC1OC1(C)C. The average Bonchev–Trinajstić information content (AvgIpc) is 3.20. The van der Waals surface area contributed by atoms with Crippen molar-refractivity contribution < 1.29 is 4.74 Å².